The van der Waals surface area contributed by atoms with E-state index >= 15 is 0 Å². The molecule has 1 rings (SSSR count). The summed E-state index contributed by atoms with van der Waals surface area (Å²) in [6, 6.07) is 3.77. The molecule has 110 valence electrons. The quantitative estimate of drug-likeness (QED) is 0.734. The number of benzene rings is 1. The molecular weight excluding hydrogens is 283 g/mol. The van der Waals surface area contributed by atoms with Crippen molar-refractivity contribution in [3.05, 3.63) is 29.6 Å². The Hall–Kier alpha value is -1.62. The Bertz CT molecular complexity index is 640. The van der Waals surface area contributed by atoms with E-state index in [-0.39, 0.29) is 17.9 Å². The van der Waals surface area contributed by atoms with Crippen LogP contribution < -0.4 is 9.44 Å². The van der Waals surface area contributed by atoms with E-state index in [1.54, 1.807) is 20.8 Å². The van der Waals surface area contributed by atoms with Gasteiger partial charge in [-0.25, -0.2) is 4.39 Å². The Kier molecular flexibility index (Phi) is 5.11. The summed E-state index contributed by atoms with van der Waals surface area (Å²) >= 11 is 0. The molecule has 0 fully saturated rings. The van der Waals surface area contributed by atoms with Gasteiger partial charge in [-0.15, -0.1) is 0 Å². The molecule has 0 aliphatic heterocycles. The summed E-state index contributed by atoms with van der Waals surface area (Å²) in [6.45, 7) is 4.71. The first-order chi connectivity index (χ1) is 9.13. The lowest BCUT2D eigenvalue weighted by atomic mass is 10.1. The van der Waals surface area contributed by atoms with E-state index in [1.807, 2.05) is 0 Å². The SMILES string of the molecule is CC(C)(C)NS(=O)(=O)Nc1ccc(C#CCO)c(F)c1. The second-order valence-electron chi connectivity index (χ2n) is 5.11. The van der Waals surface area contributed by atoms with Crippen LogP contribution >= 0.6 is 0 Å². The number of halogens is 1. The summed E-state index contributed by atoms with van der Waals surface area (Å²) in [5, 5.41) is 8.54. The molecular formula is C13H17FN2O3S. The number of nitrogens with one attached hydrogen (secondary N) is 2. The van der Waals surface area contributed by atoms with Crippen LogP contribution in [0.1, 0.15) is 26.3 Å². The van der Waals surface area contributed by atoms with Gasteiger partial charge in [0, 0.05) is 5.54 Å². The van der Waals surface area contributed by atoms with Gasteiger partial charge in [-0.3, -0.25) is 4.72 Å². The van der Waals surface area contributed by atoms with Gasteiger partial charge < -0.3 is 5.11 Å². The molecule has 0 atom stereocenters. The van der Waals surface area contributed by atoms with Gasteiger partial charge in [-0.05, 0) is 39.0 Å². The van der Waals surface area contributed by atoms with Crippen molar-refractivity contribution >= 4 is 15.9 Å². The van der Waals surface area contributed by atoms with Crippen molar-refractivity contribution in [2.24, 2.45) is 0 Å². The summed E-state index contributed by atoms with van der Waals surface area (Å²) in [4.78, 5) is 0. The van der Waals surface area contributed by atoms with Crippen LogP contribution in [0.25, 0.3) is 0 Å². The lowest BCUT2D eigenvalue weighted by Crippen LogP contribution is -2.43. The molecule has 0 aliphatic rings. The summed E-state index contributed by atoms with van der Waals surface area (Å²) in [5.41, 5.74) is -0.462. The maximum absolute atomic E-state index is 13.6. The molecule has 0 aromatic heterocycles. The topological polar surface area (TPSA) is 78.4 Å². The smallest absolute Gasteiger partial charge is 0.299 e. The highest BCUT2D eigenvalue weighted by atomic mass is 32.2. The van der Waals surface area contributed by atoms with Gasteiger partial charge in [0.25, 0.3) is 10.2 Å². The minimum atomic E-state index is -3.78. The van der Waals surface area contributed by atoms with Gasteiger partial charge in [0.2, 0.25) is 0 Å². The highest BCUT2D eigenvalue weighted by Crippen LogP contribution is 2.15. The van der Waals surface area contributed by atoms with Crippen LogP contribution in [0.4, 0.5) is 10.1 Å². The standard InChI is InChI=1S/C13H17FN2O3S/c1-13(2,3)16-20(18,19)15-11-7-6-10(5-4-8-17)12(14)9-11/h6-7,9,15-17H,8H2,1-3H3. The molecule has 0 saturated heterocycles. The number of hydrogen-bond acceptors (Lipinski definition) is 3. The molecule has 0 bridgehead atoms. The first-order valence-electron chi connectivity index (χ1n) is 5.84. The zero-order chi connectivity index (χ0) is 15.4. The molecule has 3 N–H and O–H groups in total. The first kappa shape index (κ1) is 16.4. The normalized spacial score (nSPS) is 11.7. The summed E-state index contributed by atoms with van der Waals surface area (Å²) < 4.78 is 41.8. The summed E-state index contributed by atoms with van der Waals surface area (Å²) in [7, 11) is -3.78. The Morgan fingerprint density at radius 3 is 2.50 bits per heavy atom. The minimum Gasteiger partial charge on any atom is -0.384 e. The molecule has 0 aliphatic carbocycles. The highest BCUT2D eigenvalue weighted by Gasteiger charge is 2.19. The average Bonchev–Trinajstić information content (AvgIpc) is 2.23. The minimum absolute atomic E-state index is 0.0887. The molecule has 7 heteroatoms. The van der Waals surface area contributed by atoms with Crippen LogP contribution in [0.3, 0.4) is 0 Å². The van der Waals surface area contributed by atoms with Gasteiger partial charge in [-0.1, -0.05) is 11.8 Å². The highest BCUT2D eigenvalue weighted by molar-refractivity contribution is 7.90. The van der Waals surface area contributed by atoms with Gasteiger partial charge in [-0.2, -0.15) is 13.1 Å². The molecule has 5 nitrogen and oxygen atoms in total. The summed E-state index contributed by atoms with van der Waals surface area (Å²) in [6.07, 6.45) is 0. The number of aliphatic hydroxyl groups is 1. The fourth-order valence-corrected chi connectivity index (χ4v) is 2.69. The Labute approximate surface area is 118 Å². The van der Waals surface area contributed by atoms with Gasteiger partial charge >= 0.3 is 0 Å². The second kappa shape index (κ2) is 6.22. The largest absolute Gasteiger partial charge is 0.384 e. The molecule has 20 heavy (non-hydrogen) atoms. The average molecular weight is 300 g/mol. The maximum Gasteiger partial charge on any atom is 0.299 e. The first-order valence-corrected chi connectivity index (χ1v) is 7.32. The van der Waals surface area contributed by atoms with E-state index in [9.17, 15) is 12.8 Å². The van der Waals surface area contributed by atoms with Crippen molar-refractivity contribution in [2.45, 2.75) is 26.3 Å². The van der Waals surface area contributed by atoms with Crippen LogP contribution in [0.5, 0.6) is 0 Å². The lowest BCUT2D eigenvalue weighted by Gasteiger charge is -2.20. The van der Waals surface area contributed by atoms with Crippen LogP contribution in [0.15, 0.2) is 18.2 Å². The fourth-order valence-electron chi connectivity index (χ4n) is 1.40. The van der Waals surface area contributed by atoms with Crippen molar-refractivity contribution in [3.8, 4) is 11.8 Å². The van der Waals surface area contributed by atoms with E-state index in [1.165, 1.54) is 12.1 Å². The van der Waals surface area contributed by atoms with Crippen LogP contribution in [-0.2, 0) is 10.2 Å². The van der Waals surface area contributed by atoms with Gasteiger partial charge in [0.05, 0.1) is 11.3 Å². The number of anilines is 1. The van der Waals surface area contributed by atoms with Crippen molar-refractivity contribution in [2.75, 3.05) is 11.3 Å². The van der Waals surface area contributed by atoms with E-state index in [2.05, 4.69) is 21.3 Å². The predicted octanol–water partition coefficient (Wildman–Crippen LogP) is 1.21. The van der Waals surface area contributed by atoms with Crippen molar-refractivity contribution in [1.82, 2.24) is 4.72 Å². The molecule has 0 saturated carbocycles. The molecule has 0 amide bonds. The molecule has 1 aromatic rings. The van der Waals surface area contributed by atoms with Crippen LogP contribution in [0, 0.1) is 17.7 Å². The molecule has 0 unspecified atom stereocenters. The maximum atomic E-state index is 13.6. The molecule has 0 radical (unpaired) electrons. The van der Waals surface area contributed by atoms with E-state index in [4.69, 9.17) is 5.11 Å². The van der Waals surface area contributed by atoms with E-state index < -0.39 is 21.6 Å². The predicted molar refractivity (Wildman–Crippen MR) is 75.8 cm³/mol. The monoisotopic (exact) mass is 300 g/mol. The van der Waals surface area contributed by atoms with Crippen molar-refractivity contribution in [3.63, 3.8) is 0 Å². The van der Waals surface area contributed by atoms with Crippen LogP contribution in [0.2, 0.25) is 0 Å². The zero-order valence-electron chi connectivity index (χ0n) is 11.5. The number of aliphatic hydroxyl groups excluding tert-OH is 1. The third kappa shape index (κ3) is 5.57. The Morgan fingerprint density at radius 1 is 1.35 bits per heavy atom. The Morgan fingerprint density at radius 2 is 2.00 bits per heavy atom. The zero-order valence-corrected chi connectivity index (χ0v) is 12.3. The lowest BCUT2D eigenvalue weighted by molar-refractivity contribution is 0.350. The third-order valence-electron chi connectivity index (χ3n) is 1.96. The second-order valence-corrected chi connectivity index (χ2v) is 6.53. The van der Waals surface area contributed by atoms with Gasteiger partial charge in [0.15, 0.2) is 0 Å². The summed E-state index contributed by atoms with van der Waals surface area (Å²) in [5.74, 6) is 4.08. The van der Waals surface area contributed by atoms with Crippen molar-refractivity contribution in [1.29, 1.82) is 0 Å². The fraction of sp³-hybridized carbons (Fsp3) is 0.385. The number of hydrogen-bond donors (Lipinski definition) is 3. The van der Waals surface area contributed by atoms with Gasteiger partial charge in [0.1, 0.15) is 12.4 Å². The van der Waals surface area contributed by atoms with Crippen molar-refractivity contribution < 1.29 is 17.9 Å². The Balaban J connectivity index is 2.92. The third-order valence-corrected chi connectivity index (χ3v) is 3.35. The van der Waals surface area contributed by atoms with Crippen LogP contribution in [-0.4, -0.2) is 25.7 Å². The molecule has 1 aromatic carbocycles. The number of rotatable bonds is 3. The van der Waals surface area contributed by atoms with E-state index in [0.29, 0.717) is 0 Å². The molecule has 0 heterocycles. The molecule has 0 spiro atoms. The van der Waals surface area contributed by atoms with E-state index in [0.717, 1.165) is 6.07 Å².